The molecule has 0 aliphatic rings. The summed E-state index contributed by atoms with van der Waals surface area (Å²) >= 11 is 0. The van der Waals surface area contributed by atoms with E-state index in [1.165, 1.54) is 13.8 Å². The molecule has 0 amide bonds. The van der Waals surface area contributed by atoms with Crippen LogP contribution in [0, 0.1) is 0 Å². The second-order valence-corrected chi connectivity index (χ2v) is 5.47. The Hall–Kier alpha value is -1.32. The summed E-state index contributed by atoms with van der Waals surface area (Å²) in [5, 5.41) is 11.4. The Labute approximate surface area is 93.9 Å². The number of nitrogens with zero attached hydrogens (tertiary/aromatic N) is 1. The highest BCUT2D eigenvalue weighted by atomic mass is 31.2. The van der Waals surface area contributed by atoms with Crippen molar-refractivity contribution in [2.75, 3.05) is 0 Å². The first kappa shape index (κ1) is 12.7. The van der Waals surface area contributed by atoms with E-state index in [1.807, 2.05) is 0 Å². The van der Waals surface area contributed by atoms with Crippen molar-refractivity contribution in [2.45, 2.75) is 19.5 Å². The van der Waals surface area contributed by atoms with Gasteiger partial charge in [0.2, 0.25) is 0 Å². The van der Waals surface area contributed by atoms with E-state index in [0.717, 1.165) is 0 Å². The Morgan fingerprint density at radius 1 is 1.44 bits per heavy atom. The van der Waals surface area contributed by atoms with Crippen molar-refractivity contribution >= 4 is 13.3 Å². The van der Waals surface area contributed by atoms with Crippen molar-refractivity contribution in [3.05, 3.63) is 30.3 Å². The van der Waals surface area contributed by atoms with Gasteiger partial charge in [-0.25, -0.2) is 4.57 Å². The van der Waals surface area contributed by atoms with E-state index in [-0.39, 0.29) is 5.71 Å². The van der Waals surface area contributed by atoms with Crippen LogP contribution in [0.3, 0.4) is 0 Å². The third-order valence-electron chi connectivity index (χ3n) is 2.23. The van der Waals surface area contributed by atoms with E-state index in [9.17, 15) is 9.46 Å². The quantitative estimate of drug-likeness (QED) is 0.368. The molecule has 1 aromatic rings. The predicted octanol–water partition coefficient (Wildman–Crippen LogP) is 2.49. The summed E-state index contributed by atoms with van der Waals surface area (Å²) in [7, 11) is -3.87. The van der Waals surface area contributed by atoms with E-state index in [2.05, 4.69) is 5.16 Å². The number of hydrogen-bond donors (Lipinski definition) is 2. The van der Waals surface area contributed by atoms with E-state index in [4.69, 9.17) is 9.73 Å². The second kappa shape index (κ2) is 5.14. The number of oxime groups is 1. The lowest BCUT2D eigenvalue weighted by Crippen LogP contribution is -2.17. The molecule has 0 aliphatic heterocycles. The van der Waals surface area contributed by atoms with Crippen LogP contribution in [0.1, 0.15) is 13.8 Å². The lowest BCUT2D eigenvalue weighted by atomic mass is 10.3. The molecule has 0 aromatic heterocycles. The summed E-state index contributed by atoms with van der Waals surface area (Å²) in [5.74, 6) is 0.311. The number of rotatable bonds is 4. The van der Waals surface area contributed by atoms with Crippen LogP contribution in [0.5, 0.6) is 5.75 Å². The van der Waals surface area contributed by atoms with Crippen LogP contribution < -0.4 is 4.52 Å². The molecule has 2 unspecified atom stereocenters. The topological polar surface area (TPSA) is 79.1 Å². The third-order valence-corrected chi connectivity index (χ3v) is 4.06. The molecular weight excluding hydrogens is 229 g/mol. The molecule has 0 fully saturated rings. The minimum atomic E-state index is -3.87. The highest BCUT2D eigenvalue weighted by molar-refractivity contribution is 7.55. The normalized spacial score (nSPS) is 17.6. The Bertz CT molecular complexity index is 418. The summed E-state index contributed by atoms with van der Waals surface area (Å²) in [6.07, 6.45) is 0. The fourth-order valence-corrected chi connectivity index (χ4v) is 2.14. The summed E-state index contributed by atoms with van der Waals surface area (Å²) < 4.78 is 16.8. The molecule has 0 saturated heterocycles. The summed E-state index contributed by atoms with van der Waals surface area (Å²) in [4.78, 5) is 9.68. The first-order valence-corrected chi connectivity index (χ1v) is 6.37. The van der Waals surface area contributed by atoms with Gasteiger partial charge in [0, 0.05) is 0 Å². The molecular formula is C10H14NO4P. The van der Waals surface area contributed by atoms with Crippen LogP contribution in [0.4, 0.5) is 0 Å². The fraction of sp³-hybridized carbons (Fsp3) is 0.300. The van der Waals surface area contributed by atoms with Crippen LogP contribution in [0.2, 0.25) is 0 Å². The molecule has 0 radical (unpaired) electrons. The molecule has 0 spiro atoms. The maximum atomic E-state index is 11.8. The SMILES string of the molecule is CC(=NO)C(C)P(=O)(O)Oc1ccccc1. The lowest BCUT2D eigenvalue weighted by molar-refractivity contribution is 0.315. The van der Waals surface area contributed by atoms with Gasteiger partial charge < -0.3 is 14.6 Å². The monoisotopic (exact) mass is 243 g/mol. The average molecular weight is 243 g/mol. The molecule has 1 aromatic carbocycles. The second-order valence-electron chi connectivity index (χ2n) is 3.39. The van der Waals surface area contributed by atoms with Gasteiger partial charge in [0.25, 0.3) is 0 Å². The smallest absolute Gasteiger partial charge is 0.385 e. The van der Waals surface area contributed by atoms with E-state index >= 15 is 0 Å². The first-order valence-electron chi connectivity index (χ1n) is 4.73. The standard InChI is InChI=1S/C10H14NO4P/c1-8(11-12)9(2)16(13,14)15-10-6-4-3-5-7-10/h3-7,9,12H,1-2H3,(H,13,14). The van der Waals surface area contributed by atoms with Crippen LogP contribution in [-0.4, -0.2) is 21.5 Å². The Kier molecular flexibility index (Phi) is 4.10. The molecule has 88 valence electrons. The number of benzene rings is 1. The fourth-order valence-electron chi connectivity index (χ4n) is 1.03. The summed E-state index contributed by atoms with van der Waals surface area (Å²) in [6, 6.07) is 8.35. The van der Waals surface area contributed by atoms with E-state index in [1.54, 1.807) is 30.3 Å². The van der Waals surface area contributed by atoms with Crippen molar-refractivity contribution in [1.82, 2.24) is 0 Å². The van der Waals surface area contributed by atoms with Gasteiger partial charge in [-0.3, -0.25) is 0 Å². The van der Waals surface area contributed by atoms with Gasteiger partial charge in [-0.05, 0) is 26.0 Å². The van der Waals surface area contributed by atoms with Crippen molar-refractivity contribution < 1.29 is 19.2 Å². The molecule has 5 nitrogen and oxygen atoms in total. The zero-order valence-corrected chi connectivity index (χ0v) is 9.96. The number of hydrogen-bond acceptors (Lipinski definition) is 4. The average Bonchev–Trinajstić information content (AvgIpc) is 2.27. The van der Waals surface area contributed by atoms with Crippen LogP contribution >= 0.6 is 7.60 Å². The molecule has 2 N–H and O–H groups in total. The van der Waals surface area contributed by atoms with Crippen LogP contribution in [0.25, 0.3) is 0 Å². The van der Waals surface area contributed by atoms with Gasteiger partial charge >= 0.3 is 7.60 Å². The molecule has 0 saturated carbocycles. The van der Waals surface area contributed by atoms with Gasteiger partial charge in [0.15, 0.2) is 0 Å². The Morgan fingerprint density at radius 2 is 2.00 bits per heavy atom. The zero-order chi connectivity index (χ0) is 12.2. The maximum absolute atomic E-state index is 11.8. The van der Waals surface area contributed by atoms with Crippen molar-refractivity contribution in [1.29, 1.82) is 0 Å². The highest BCUT2D eigenvalue weighted by Crippen LogP contribution is 2.47. The summed E-state index contributed by atoms with van der Waals surface area (Å²) in [5.41, 5.74) is -0.695. The molecule has 1 rings (SSSR count). The minimum absolute atomic E-state index is 0.154. The zero-order valence-electron chi connectivity index (χ0n) is 9.07. The molecule has 6 heteroatoms. The van der Waals surface area contributed by atoms with Crippen LogP contribution in [-0.2, 0) is 4.57 Å². The minimum Gasteiger partial charge on any atom is -0.424 e. The van der Waals surface area contributed by atoms with Gasteiger partial charge in [0.05, 0.1) is 5.71 Å². The highest BCUT2D eigenvalue weighted by Gasteiger charge is 2.32. The third kappa shape index (κ3) is 3.08. The molecule has 16 heavy (non-hydrogen) atoms. The van der Waals surface area contributed by atoms with E-state index < -0.39 is 13.3 Å². The maximum Gasteiger partial charge on any atom is 0.385 e. The van der Waals surface area contributed by atoms with Gasteiger partial charge in [-0.15, -0.1) is 0 Å². The molecule has 0 heterocycles. The van der Waals surface area contributed by atoms with Crippen molar-refractivity contribution in [3.8, 4) is 5.75 Å². The largest absolute Gasteiger partial charge is 0.424 e. The first-order chi connectivity index (χ1) is 7.47. The number of para-hydroxylation sites is 1. The predicted molar refractivity (Wildman–Crippen MR) is 61.3 cm³/mol. The van der Waals surface area contributed by atoms with Gasteiger partial charge in [0.1, 0.15) is 11.4 Å². The van der Waals surface area contributed by atoms with Gasteiger partial charge in [-0.1, -0.05) is 23.4 Å². The lowest BCUT2D eigenvalue weighted by Gasteiger charge is -2.18. The molecule has 0 aliphatic carbocycles. The van der Waals surface area contributed by atoms with Crippen LogP contribution in [0.15, 0.2) is 35.5 Å². The van der Waals surface area contributed by atoms with Gasteiger partial charge in [-0.2, -0.15) is 0 Å². The molecule has 0 bridgehead atoms. The Balaban J connectivity index is 2.84. The van der Waals surface area contributed by atoms with Crippen molar-refractivity contribution in [3.63, 3.8) is 0 Å². The van der Waals surface area contributed by atoms with Crippen molar-refractivity contribution in [2.24, 2.45) is 5.16 Å². The van der Waals surface area contributed by atoms with E-state index in [0.29, 0.717) is 5.75 Å². The summed E-state index contributed by atoms with van der Waals surface area (Å²) in [6.45, 7) is 2.93. The molecule has 2 atom stereocenters. The Morgan fingerprint density at radius 3 is 2.50 bits per heavy atom.